The van der Waals surface area contributed by atoms with Gasteiger partial charge in [0.25, 0.3) is 0 Å². The summed E-state index contributed by atoms with van der Waals surface area (Å²) in [5.41, 5.74) is 1.12. The minimum atomic E-state index is -0.784. The fourth-order valence-electron chi connectivity index (χ4n) is 2.78. The molecule has 1 aliphatic rings. The maximum Gasteiger partial charge on any atom is 0.306 e. The van der Waals surface area contributed by atoms with Crippen LogP contribution in [0.3, 0.4) is 0 Å². The van der Waals surface area contributed by atoms with Crippen LogP contribution in [0.5, 0.6) is 0 Å². The van der Waals surface area contributed by atoms with Crippen molar-refractivity contribution in [1.29, 1.82) is 0 Å². The highest BCUT2D eigenvalue weighted by molar-refractivity contribution is 6.30. The van der Waals surface area contributed by atoms with Crippen molar-refractivity contribution in [1.82, 2.24) is 5.32 Å². The smallest absolute Gasteiger partial charge is 0.306 e. The molecule has 2 N–H and O–H groups in total. The lowest BCUT2D eigenvalue weighted by atomic mass is 9.81. The molecular weight excluding hydrogens is 290 g/mol. The molecule has 1 fully saturated rings. The maximum absolute atomic E-state index is 12.1. The molecule has 2 atom stereocenters. The Hall–Kier alpha value is -1.55. The van der Waals surface area contributed by atoms with Gasteiger partial charge in [-0.15, -0.1) is 0 Å². The molecule has 1 amide bonds. The summed E-state index contributed by atoms with van der Waals surface area (Å²) in [6.45, 7) is 0.564. The lowest BCUT2D eigenvalue weighted by Crippen LogP contribution is -2.36. The third kappa shape index (κ3) is 4.74. The summed E-state index contributed by atoms with van der Waals surface area (Å²) in [7, 11) is 0. The van der Waals surface area contributed by atoms with Crippen LogP contribution in [0.15, 0.2) is 24.3 Å². The third-order valence-electron chi connectivity index (χ3n) is 4.02. The van der Waals surface area contributed by atoms with E-state index in [9.17, 15) is 9.59 Å². The van der Waals surface area contributed by atoms with E-state index < -0.39 is 5.97 Å². The van der Waals surface area contributed by atoms with E-state index in [1.165, 1.54) is 0 Å². The Balaban J connectivity index is 1.76. The second-order valence-electron chi connectivity index (χ2n) is 5.57. The number of hydrogen-bond acceptors (Lipinski definition) is 2. The van der Waals surface area contributed by atoms with Gasteiger partial charge in [0.2, 0.25) is 5.91 Å². The Bertz CT molecular complexity index is 501. The van der Waals surface area contributed by atoms with Gasteiger partial charge in [0.15, 0.2) is 0 Å². The molecule has 1 aromatic carbocycles. The van der Waals surface area contributed by atoms with Crippen molar-refractivity contribution in [2.45, 2.75) is 32.1 Å². The van der Waals surface area contributed by atoms with E-state index in [1.54, 1.807) is 0 Å². The second kappa shape index (κ2) is 7.46. The van der Waals surface area contributed by atoms with Crippen molar-refractivity contribution in [3.8, 4) is 0 Å². The van der Waals surface area contributed by atoms with Crippen LogP contribution in [0, 0.1) is 11.8 Å². The van der Waals surface area contributed by atoms with Crippen LogP contribution < -0.4 is 5.32 Å². The van der Waals surface area contributed by atoms with Crippen LogP contribution in [0.25, 0.3) is 0 Å². The molecule has 1 aliphatic carbocycles. The highest BCUT2D eigenvalue weighted by atomic mass is 35.5. The zero-order chi connectivity index (χ0) is 15.2. The molecule has 0 saturated heterocycles. The van der Waals surface area contributed by atoms with E-state index in [4.69, 9.17) is 16.7 Å². The molecule has 2 unspecified atom stereocenters. The van der Waals surface area contributed by atoms with Gasteiger partial charge in [-0.3, -0.25) is 9.59 Å². The number of aliphatic carboxylic acids is 1. The van der Waals surface area contributed by atoms with Gasteiger partial charge in [0.1, 0.15) is 0 Å². The van der Waals surface area contributed by atoms with Gasteiger partial charge in [-0.05, 0) is 43.4 Å². The van der Waals surface area contributed by atoms with Gasteiger partial charge in [0, 0.05) is 17.5 Å². The van der Waals surface area contributed by atoms with E-state index in [0.717, 1.165) is 24.8 Å². The fraction of sp³-hybridized carbons (Fsp3) is 0.500. The molecule has 5 heteroatoms. The first kappa shape index (κ1) is 15.8. The highest BCUT2D eigenvalue weighted by Crippen LogP contribution is 2.29. The number of amides is 1. The highest BCUT2D eigenvalue weighted by Gasteiger charge is 2.30. The van der Waals surface area contributed by atoms with Gasteiger partial charge >= 0.3 is 5.97 Å². The van der Waals surface area contributed by atoms with Crippen molar-refractivity contribution >= 4 is 23.5 Å². The summed E-state index contributed by atoms with van der Waals surface area (Å²) in [5, 5.41) is 12.7. The normalized spacial score (nSPS) is 21.8. The van der Waals surface area contributed by atoms with E-state index in [-0.39, 0.29) is 17.7 Å². The monoisotopic (exact) mass is 309 g/mol. The number of carboxylic acids is 1. The number of carbonyl (C=O) groups is 2. The number of nitrogens with one attached hydrogen (secondary N) is 1. The average Bonchev–Trinajstić information content (AvgIpc) is 2.49. The lowest BCUT2D eigenvalue weighted by molar-refractivity contribution is -0.144. The molecule has 1 saturated carbocycles. The molecule has 0 radical (unpaired) electrons. The number of halogens is 1. The van der Waals surface area contributed by atoms with E-state index in [0.29, 0.717) is 24.4 Å². The summed E-state index contributed by atoms with van der Waals surface area (Å²) in [4.78, 5) is 23.1. The summed E-state index contributed by atoms with van der Waals surface area (Å²) in [5.74, 6) is -1.33. The van der Waals surface area contributed by atoms with Gasteiger partial charge < -0.3 is 10.4 Å². The zero-order valence-electron chi connectivity index (χ0n) is 11.8. The Kier molecular flexibility index (Phi) is 5.62. The number of carboxylic acid groups (broad SMARTS) is 1. The summed E-state index contributed by atoms with van der Waals surface area (Å²) < 4.78 is 0. The van der Waals surface area contributed by atoms with Crippen molar-refractivity contribution in [3.63, 3.8) is 0 Å². The maximum atomic E-state index is 12.1. The molecule has 0 aliphatic heterocycles. The molecule has 0 bridgehead atoms. The minimum absolute atomic E-state index is 0.0186. The SMILES string of the molecule is O=C(O)C1CCCC(C(=O)NCCc2ccc(Cl)cc2)C1. The van der Waals surface area contributed by atoms with Crippen LogP contribution in [-0.2, 0) is 16.0 Å². The summed E-state index contributed by atoms with van der Waals surface area (Å²) in [6, 6.07) is 7.54. The second-order valence-corrected chi connectivity index (χ2v) is 6.00. The molecule has 1 aromatic rings. The Labute approximate surface area is 129 Å². The molecular formula is C16H20ClNO3. The quantitative estimate of drug-likeness (QED) is 0.879. The number of rotatable bonds is 5. The van der Waals surface area contributed by atoms with Crippen LogP contribution in [0.4, 0.5) is 0 Å². The van der Waals surface area contributed by atoms with Crippen LogP contribution in [-0.4, -0.2) is 23.5 Å². The first-order valence-electron chi connectivity index (χ1n) is 7.31. The molecule has 0 heterocycles. The van der Waals surface area contributed by atoms with E-state index in [1.807, 2.05) is 24.3 Å². The van der Waals surface area contributed by atoms with Gasteiger partial charge in [-0.2, -0.15) is 0 Å². The first-order chi connectivity index (χ1) is 10.1. The number of carbonyl (C=O) groups excluding carboxylic acids is 1. The topological polar surface area (TPSA) is 66.4 Å². The van der Waals surface area contributed by atoms with Crippen molar-refractivity contribution in [2.24, 2.45) is 11.8 Å². The number of hydrogen-bond donors (Lipinski definition) is 2. The Morgan fingerprint density at radius 1 is 1.19 bits per heavy atom. The molecule has 0 spiro atoms. The average molecular weight is 310 g/mol. The Morgan fingerprint density at radius 2 is 1.86 bits per heavy atom. The predicted molar refractivity (Wildman–Crippen MR) is 81.2 cm³/mol. The van der Waals surface area contributed by atoms with E-state index >= 15 is 0 Å². The zero-order valence-corrected chi connectivity index (χ0v) is 12.6. The summed E-state index contributed by atoms with van der Waals surface area (Å²) in [6.07, 6.45) is 3.49. The first-order valence-corrected chi connectivity index (χ1v) is 7.69. The van der Waals surface area contributed by atoms with Crippen molar-refractivity contribution in [3.05, 3.63) is 34.9 Å². The van der Waals surface area contributed by atoms with Gasteiger partial charge in [0.05, 0.1) is 5.92 Å². The van der Waals surface area contributed by atoms with E-state index in [2.05, 4.69) is 5.32 Å². The largest absolute Gasteiger partial charge is 0.481 e. The van der Waals surface area contributed by atoms with Crippen molar-refractivity contribution < 1.29 is 14.7 Å². The van der Waals surface area contributed by atoms with Crippen LogP contribution in [0.2, 0.25) is 5.02 Å². The molecule has 114 valence electrons. The lowest BCUT2D eigenvalue weighted by Gasteiger charge is -2.25. The third-order valence-corrected chi connectivity index (χ3v) is 4.27. The molecule has 0 aromatic heterocycles. The molecule has 4 nitrogen and oxygen atoms in total. The van der Waals surface area contributed by atoms with Crippen LogP contribution >= 0.6 is 11.6 Å². The number of benzene rings is 1. The van der Waals surface area contributed by atoms with Gasteiger partial charge in [-0.25, -0.2) is 0 Å². The van der Waals surface area contributed by atoms with Gasteiger partial charge in [-0.1, -0.05) is 30.2 Å². The standard InChI is InChI=1S/C16H20ClNO3/c17-14-6-4-11(5-7-14)8-9-18-15(19)12-2-1-3-13(10-12)16(20)21/h4-7,12-13H,1-3,8-10H2,(H,18,19)(H,20,21). The molecule has 21 heavy (non-hydrogen) atoms. The predicted octanol–water partition coefficient (Wildman–Crippen LogP) is 2.89. The summed E-state index contributed by atoms with van der Waals surface area (Å²) >= 11 is 5.82. The fourth-order valence-corrected chi connectivity index (χ4v) is 2.90. The molecule has 2 rings (SSSR count). The minimum Gasteiger partial charge on any atom is -0.481 e. The van der Waals surface area contributed by atoms with Crippen molar-refractivity contribution in [2.75, 3.05) is 6.54 Å². The van der Waals surface area contributed by atoms with Crippen LogP contribution in [0.1, 0.15) is 31.2 Å². The Morgan fingerprint density at radius 3 is 2.52 bits per heavy atom.